The maximum absolute atomic E-state index is 11.4. The van der Waals surface area contributed by atoms with Crippen molar-refractivity contribution in [3.05, 3.63) is 0 Å². The van der Waals surface area contributed by atoms with Crippen molar-refractivity contribution in [2.45, 2.75) is 25.8 Å². The molecule has 0 aliphatic carbocycles. The van der Waals surface area contributed by atoms with Crippen LogP contribution < -0.4 is 5.32 Å². The van der Waals surface area contributed by atoms with Gasteiger partial charge in [0.2, 0.25) is 5.91 Å². The van der Waals surface area contributed by atoms with Crippen LogP contribution in [0.2, 0.25) is 0 Å². The average molecular weight is 246 g/mol. The number of carbonyl (C=O) groups is 2. The fraction of sp³-hybridized carbons (Fsp3) is 0.667. The molecule has 0 saturated heterocycles. The Morgan fingerprint density at radius 2 is 2.19 bits per heavy atom. The van der Waals surface area contributed by atoms with Crippen LogP contribution in [0.15, 0.2) is 0 Å². The first-order chi connectivity index (χ1) is 7.47. The summed E-state index contributed by atoms with van der Waals surface area (Å²) in [6.45, 7) is 1.20. The van der Waals surface area contributed by atoms with Crippen LogP contribution in [0.4, 0.5) is 0 Å². The number of unbranched alkanes of at least 4 members (excludes halogenated alkanes) is 1. The summed E-state index contributed by atoms with van der Waals surface area (Å²) in [4.78, 5) is 21.4. The summed E-state index contributed by atoms with van der Waals surface area (Å²) in [5.41, 5.74) is 0. The lowest BCUT2D eigenvalue weighted by Gasteiger charge is -2.12. The number of amides is 1. The highest BCUT2D eigenvalue weighted by atomic mass is 32.2. The molecule has 0 aromatic rings. The van der Waals surface area contributed by atoms with Crippen molar-refractivity contribution in [3.63, 3.8) is 0 Å². The van der Waals surface area contributed by atoms with Crippen molar-refractivity contribution < 1.29 is 18.9 Å². The summed E-state index contributed by atoms with van der Waals surface area (Å²) >= 11 is 0. The van der Waals surface area contributed by atoms with Crippen molar-refractivity contribution in [1.29, 1.82) is 5.26 Å². The predicted octanol–water partition coefficient (Wildman–Crippen LogP) is -0.372. The van der Waals surface area contributed by atoms with E-state index in [1.54, 1.807) is 0 Å². The van der Waals surface area contributed by atoms with Gasteiger partial charge in [-0.1, -0.05) is 0 Å². The van der Waals surface area contributed by atoms with Crippen molar-refractivity contribution >= 4 is 22.7 Å². The molecule has 1 amide bonds. The summed E-state index contributed by atoms with van der Waals surface area (Å²) in [5, 5.41) is 19.2. The topological polar surface area (TPSA) is 107 Å². The van der Waals surface area contributed by atoms with Crippen molar-refractivity contribution in [2.75, 3.05) is 11.5 Å². The van der Waals surface area contributed by atoms with Crippen LogP contribution in [0.5, 0.6) is 0 Å². The van der Waals surface area contributed by atoms with Crippen LogP contribution in [0.3, 0.4) is 0 Å². The number of carbonyl (C=O) groups excluding carboxylic acids is 1. The van der Waals surface area contributed by atoms with Gasteiger partial charge in [-0.15, -0.1) is 0 Å². The maximum Gasteiger partial charge on any atom is 0.327 e. The van der Waals surface area contributed by atoms with Gasteiger partial charge in [-0.05, 0) is 6.42 Å². The summed E-state index contributed by atoms with van der Waals surface area (Å²) in [5.74, 6) is -1.53. The second-order valence-corrected chi connectivity index (χ2v) is 4.78. The van der Waals surface area contributed by atoms with E-state index in [-0.39, 0.29) is 11.5 Å². The van der Waals surface area contributed by atoms with Gasteiger partial charge in [-0.25, -0.2) is 4.79 Å². The second kappa shape index (κ2) is 7.82. The van der Waals surface area contributed by atoms with Gasteiger partial charge in [0.25, 0.3) is 0 Å². The van der Waals surface area contributed by atoms with Gasteiger partial charge in [0.05, 0.1) is 11.8 Å². The van der Waals surface area contributed by atoms with Crippen molar-refractivity contribution in [1.82, 2.24) is 5.32 Å². The van der Waals surface area contributed by atoms with Crippen LogP contribution in [-0.4, -0.2) is 38.7 Å². The molecule has 2 N–H and O–H groups in total. The van der Waals surface area contributed by atoms with Gasteiger partial charge in [0.1, 0.15) is 6.04 Å². The minimum Gasteiger partial charge on any atom is -0.480 e. The highest BCUT2D eigenvalue weighted by Crippen LogP contribution is 1.96. The summed E-state index contributed by atoms with van der Waals surface area (Å²) in [7, 11) is -1.34. The number of hydrogen-bond donors (Lipinski definition) is 2. The Morgan fingerprint density at radius 3 is 2.62 bits per heavy atom. The van der Waals surface area contributed by atoms with Gasteiger partial charge in [-0.3, -0.25) is 9.00 Å². The Kier molecular flexibility index (Phi) is 7.12. The van der Waals surface area contributed by atoms with E-state index in [1.165, 1.54) is 6.92 Å². The van der Waals surface area contributed by atoms with Crippen LogP contribution in [0.1, 0.15) is 19.8 Å². The monoisotopic (exact) mass is 246 g/mol. The molecule has 0 rings (SSSR count). The molecular weight excluding hydrogens is 232 g/mol. The Hall–Kier alpha value is -1.42. The SMILES string of the molecule is CC(=O)N[C@@H](CS(=O)CCCC#N)C(=O)O. The number of aliphatic carboxylic acids is 1. The Bertz CT molecular complexity index is 324. The third-order valence-electron chi connectivity index (χ3n) is 1.69. The predicted molar refractivity (Wildman–Crippen MR) is 58.0 cm³/mol. The van der Waals surface area contributed by atoms with E-state index < -0.39 is 28.7 Å². The zero-order valence-electron chi connectivity index (χ0n) is 8.93. The summed E-state index contributed by atoms with van der Waals surface area (Å²) in [6.07, 6.45) is 0.763. The molecule has 0 radical (unpaired) electrons. The minimum atomic E-state index is -1.34. The average Bonchev–Trinajstić information content (AvgIpc) is 2.16. The molecule has 7 heteroatoms. The zero-order valence-corrected chi connectivity index (χ0v) is 9.75. The summed E-state index contributed by atoms with van der Waals surface area (Å²) in [6, 6.07) is 0.786. The molecule has 0 aliphatic heterocycles. The molecule has 0 aromatic carbocycles. The van der Waals surface area contributed by atoms with E-state index in [2.05, 4.69) is 5.32 Å². The summed E-state index contributed by atoms with van der Waals surface area (Å²) < 4.78 is 11.4. The number of nitrogens with zero attached hydrogens (tertiary/aromatic N) is 1. The molecule has 1 unspecified atom stereocenters. The number of hydrogen-bond acceptors (Lipinski definition) is 4. The standard InChI is InChI=1S/C9H14N2O4S/c1-7(12)11-8(9(13)14)6-16(15)5-3-2-4-10/h8H,2-3,5-6H2,1H3,(H,11,12)(H,13,14)/t8-,16?/m0/s1. The number of nitriles is 1. The highest BCUT2D eigenvalue weighted by Gasteiger charge is 2.20. The number of rotatable bonds is 7. The fourth-order valence-electron chi connectivity index (χ4n) is 1.00. The Balaban J connectivity index is 4.09. The van der Waals surface area contributed by atoms with Gasteiger partial charge >= 0.3 is 5.97 Å². The van der Waals surface area contributed by atoms with Crippen LogP contribution in [0.25, 0.3) is 0 Å². The van der Waals surface area contributed by atoms with Crippen molar-refractivity contribution in [2.24, 2.45) is 0 Å². The van der Waals surface area contributed by atoms with E-state index in [9.17, 15) is 13.8 Å². The first-order valence-corrected chi connectivity index (χ1v) is 6.18. The Labute approximate surface area is 96.1 Å². The molecule has 0 aliphatic rings. The number of nitrogens with one attached hydrogen (secondary N) is 1. The molecule has 0 spiro atoms. The molecule has 0 bridgehead atoms. The van der Waals surface area contributed by atoms with E-state index in [0.717, 1.165) is 0 Å². The molecule has 0 saturated carbocycles. The molecule has 0 heterocycles. The van der Waals surface area contributed by atoms with Crippen LogP contribution >= 0.6 is 0 Å². The molecule has 2 atom stereocenters. The Morgan fingerprint density at radius 1 is 1.56 bits per heavy atom. The van der Waals surface area contributed by atoms with E-state index >= 15 is 0 Å². The van der Waals surface area contributed by atoms with Gasteiger partial charge < -0.3 is 10.4 Å². The fourth-order valence-corrected chi connectivity index (χ4v) is 2.23. The lowest BCUT2D eigenvalue weighted by Crippen LogP contribution is -2.43. The lowest BCUT2D eigenvalue weighted by atomic mass is 10.3. The van der Waals surface area contributed by atoms with Crippen molar-refractivity contribution in [3.8, 4) is 6.07 Å². The highest BCUT2D eigenvalue weighted by molar-refractivity contribution is 7.85. The van der Waals surface area contributed by atoms with Gasteiger partial charge in [0.15, 0.2) is 0 Å². The molecule has 0 aromatic heterocycles. The zero-order chi connectivity index (χ0) is 12.6. The van der Waals surface area contributed by atoms with E-state index in [4.69, 9.17) is 10.4 Å². The molecule has 16 heavy (non-hydrogen) atoms. The van der Waals surface area contributed by atoms with Crippen LogP contribution in [0, 0.1) is 11.3 Å². The van der Waals surface area contributed by atoms with Crippen LogP contribution in [-0.2, 0) is 20.4 Å². The number of carboxylic acids is 1. The largest absolute Gasteiger partial charge is 0.480 e. The molecule has 0 fully saturated rings. The molecule has 90 valence electrons. The van der Waals surface area contributed by atoms with Gasteiger partial charge in [-0.2, -0.15) is 5.26 Å². The molecule has 6 nitrogen and oxygen atoms in total. The first-order valence-electron chi connectivity index (χ1n) is 4.69. The first kappa shape index (κ1) is 14.6. The smallest absolute Gasteiger partial charge is 0.327 e. The lowest BCUT2D eigenvalue weighted by molar-refractivity contribution is -0.140. The second-order valence-electron chi connectivity index (χ2n) is 3.16. The number of carboxylic acid groups (broad SMARTS) is 1. The quantitative estimate of drug-likeness (QED) is 0.596. The minimum absolute atomic E-state index is 0.125. The van der Waals surface area contributed by atoms with Gasteiger partial charge in [0, 0.05) is 29.9 Å². The maximum atomic E-state index is 11.4. The third-order valence-corrected chi connectivity index (χ3v) is 3.14. The molecular formula is C9H14N2O4S. The normalized spacial score (nSPS) is 13.5. The third kappa shape index (κ3) is 6.95. The van der Waals surface area contributed by atoms with E-state index in [1.807, 2.05) is 6.07 Å². The van der Waals surface area contributed by atoms with E-state index in [0.29, 0.717) is 12.8 Å².